The van der Waals surface area contributed by atoms with Crippen molar-refractivity contribution in [1.29, 1.82) is 0 Å². The number of ether oxygens (including phenoxy) is 2. The lowest BCUT2D eigenvalue weighted by Crippen LogP contribution is -2.09. The van der Waals surface area contributed by atoms with Gasteiger partial charge in [-0.3, -0.25) is 0 Å². The van der Waals surface area contributed by atoms with E-state index >= 15 is 0 Å². The van der Waals surface area contributed by atoms with Crippen LogP contribution in [0.1, 0.15) is 39.2 Å². The van der Waals surface area contributed by atoms with Crippen LogP contribution in [0.2, 0.25) is 0 Å². The zero-order chi connectivity index (χ0) is 14.8. The minimum Gasteiger partial charge on any atom is -0.493 e. The average molecular weight is 276 g/mol. The standard InChI is InChI=1S/C17H24O3/c1-4-7-15-8-10-16(11-9-15)19-12-6-13-20-17(18)14(3)5-2/h5,8-11H,4,6-7,12-13H2,1-3H3. The molecule has 3 nitrogen and oxygen atoms in total. The molecule has 0 aliphatic rings. The molecule has 0 bridgehead atoms. The van der Waals surface area contributed by atoms with Crippen molar-refractivity contribution >= 4 is 5.97 Å². The molecule has 0 heterocycles. The Balaban J connectivity index is 2.19. The SMILES string of the molecule is CC=C(C)C(=O)OCCCOc1ccc(CCC)cc1. The van der Waals surface area contributed by atoms with E-state index in [-0.39, 0.29) is 5.97 Å². The Bertz CT molecular complexity index is 432. The molecule has 1 rings (SSSR count). The molecule has 0 saturated heterocycles. The van der Waals surface area contributed by atoms with Crippen LogP contribution in [0.5, 0.6) is 5.75 Å². The molecule has 1 aromatic rings. The van der Waals surface area contributed by atoms with Crippen LogP contribution in [0.4, 0.5) is 0 Å². The Kier molecular flexibility index (Phi) is 7.48. The Morgan fingerprint density at radius 2 is 1.90 bits per heavy atom. The van der Waals surface area contributed by atoms with Crippen LogP contribution in [0.15, 0.2) is 35.9 Å². The fraction of sp³-hybridized carbons (Fsp3) is 0.471. The summed E-state index contributed by atoms with van der Waals surface area (Å²) in [6, 6.07) is 8.16. The molecule has 0 aliphatic heterocycles. The molecule has 0 amide bonds. The van der Waals surface area contributed by atoms with Gasteiger partial charge in [0.1, 0.15) is 5.75 Å². The molecular weight excluding hydrogens is 252 g/mol. The average Bonchev–Trinajstić information content (AvgIpc) is 2.47. The summed E-state index contributed by atoms with van der Waals surface area (Å²) in [7, 11) is 0. The number of benzene rings is 1. The third kappa shape index (κ3) is 5.91. The van der Waals surface area contributed by atoms with Gasteiger partial charge in [0, 0.05) is 12.0 Å². The molecule has 0 fully saturated rings. The van der Waals surface area contributed by atoms with Crippen molar-refractivity contribution in [3.8, 4) is 5.75 Å². The molecule has 0 spiro atoms. The molecule has 110 valence electrons. The molecule has 0 atom stereocenters. The highest BCUT2D eigenvalue weighted by Gasteiger charge is 2.03. The summed E-state index contributed by atoms with van der Waals surface area (Å²) in [5.74, 6) is 0.609. The van der Waals surface area contributed by atoms with E-state index in [1.807, 2.05) is 19.1 Å². The number of rotatable bonds is 8. The van der Waals surface area contributed by atoms with Gasteiger partial charge in [0.25, 0.3) is 0 Å². The molecule has 0 aliphatic carbocycles. The molecule has 1 aromatic carbocycles. The van der Waals surface area contributed by atoms with E-state index in [9.17, 15) is 4.79 Å². The maximum atomic E-state index is 11.4. The number of allylic oxidation sites excluding steroid dienone is 1. The van der Waals surface area contributed by atoms with Gasteiger partial charge in [-0.15, -0.1) is 0 Å². The summed E-state index contributed by atoms with van der Waals surface area (Å²) < 4.78 is 10.7. The van der Waals surface area contributed by atoms with Gasteiger partial charge >= 0.3 is 5.97 Å². The molecule has 0 N–H and O–H groups in total. The number of esters is 1. The quantitative estimate of drug-likeness (QED) is 0.410. The number of aryl methyl sites for hydroxylation is 1. The molecule has 0 aromatic heterocycles. The summed E-state index contributed by atoms with van der Waals surface area (Å²) >= 11 is 0. The first-order chi connectivity index (χ1) is 9.67. The van der Waals surface area contributed by atoms with E-state index < -0.39 is 0 Å². The van der Waals surface area contributed by atoms with Gasteiger partial charge in [-0.2, -0.15) is 0 Å². The van der Waals surface area contributed by atoms with Crippen LogP contribution in [0, 0.1) is 0 Å². The zero-order valence-corrected chi connectivity index (χ0v) is 12.6. The second kappa shape index (κ2) is 9.18. The summed E-state index contributed by atoms with van der Waals surface area (Å²) in [6.45, 7) is 6.67. The lowest BCUT2D eigenvalue weighted by atomic mass is 10.1. The Morgan fingerprint density at radius 3 is 2.50 bits per heavy atom. The minimum absolute atomic E-state index is 0.253. The summed E-state index contributed by atoms with van der Waals surface area (Å²) in [6.07, 6.45) is 4.69. The van der Waals surface area contributed by atoms with Crippen molar-refractivity contribution in [2.24, 2.45) is 0 Å². The molecule has 0 unspecified atom stereocenters. The van der Waals surface area contributed by atoms with Crippen molar-refractivity contribution in [2.75, 3.05) is 13.2 Å². The monoisotopic (exact) mass is 276 g/mol. The number of carbonyl (C=O) groups is 1. The van der Waals surface area contributed by atoms with Crippen LogP contribution in [-0.4, -0.2) is 19.2 Å². The third-order valence-corrected chi connectivity index (χ3v) is 3.01. The lowest BCUT2D eigenvalue weighted by molar-refractivity contribution is -0.139. The van der Waals surface area contributed by atoms with Crippen molar-refractivity contribution in [3.63, 3.8) is 0 Å². The maximum absolute atomic E-state index is 11.4. The second-order valence-electron chi connectivity index (χ2n) is 4.70. The Hall–Kier alpha value is -1.77. The zero-order valence-electron chi connectivity index (χ0n) is 12.6. The van der Waals surface area contributed by atoms with Crippen LogP contribution in [0.3, 0.4) is 0 Å². The van der Waals surface area contributed by atoms with Crippen molar-refractivity contribution in [3.05, 3.63) is 41.5 Å². The minimum atomic E-state index is -0.253. The second-order valence-corrected chi connectivity index (χ2v) is 4.70. The van der Waals surface area contributed by atoms with Gasteiger partial charge in [0.2, 0.25) is 0 Å². The first-order valence-corrected chi connectivity index (χ1v) is 7.19. The first-order valence-electron chi connectivity index (χ1n) is 7.19. The van der Waals surface area contributed by atoms with Gasteiger partial charge in [-0.1, -0.05) is 31.6 Å². The highest BCUT2D eigenvalue weighted by atomic mass is 16.5. The van der Waals surface area contributed by atoms with E-state index in [1.165, 1.54) is 5.56 Å². The predicted octanol–water partition coefficient (Wildman–Crippen LogP) is 3.92. The fourth-order valence-corrected chi connectivity index (χ4v) is 1.69. The van der Waals surface area contributed by atoms with Crippen LogP contribution >= 0.6 is 0 Å². The van der Waals surface area contributed by atoms with E-state index in [4.69, 9.17) is 9.47 Å². The highest BCUT2D eigenvalue weighted by molar-refractivity contribution is 5.87. The third-order valence-electron chi connectivity index (χ3n) is 3.01. The van der Waals surface area contributed by atoms with Crippen molar-refractivity contribution < 1.29 is 14.3 Å². The predicted molar refractivity (Wildman–Crippen MR) is 80.9 cm³/mol. The number of hydrogen-bond donors (Lipinski definition) is 0. The smallest absolute Gasteiger partial charge is 0.333 e. The van der Waals surface area contributed by atoms with Crippen LogP contribution < -0.4 is 4.74 Å². The molecule has 0 radical (unpaired) electrons. The molecule has 20 heavy (non-hydrogen) atoms. The summed E-state index contributed by atoms with van der Waals surface area (Å²) in [5, 5.41) is 0. The molecule has 0 saturated carbocycles. The van der Waals surface area contributed by atoms with E-state index in [1.54, 1.807) is 13.0 Å². The number of hydrogen-bond acceptors (Lipinski definition) is 3. The normalized spacial score (nSPS) is 11.2. The van der Waals surface area contributed by atoms with Crippen molar-refractivity contribution in [1.82, 2.24) is 0 Å². The first kappa shape index (κ1) is 16.3. The maximum Gasteiger partial charge on any atom is 0.333 e. The summed E-state index contributed by atoms with van der Waals surface area (Å²) in [4.78, 5) is 11.4. The van der Waals surface area contributed by atoms with E-state index in [2.05, 4.69) is 19.1 Å². The van der Waals surface area contributed by atoms with Gasteiger partial charge in [0.15, 0.2) is 0 Å². The Morgan fingerprint density at radius 1 is 1.20 bits per heavy atom. The Labute approximate surface area is 121 Å². The largest absolute Gasteiger partial charge is 0.493 e. The fourth-order valence-electron chi connectivity index (χ4n) is 1.69. The van der Waals surface area contributed by atoms with Gasteiger partial charge in [-0.25, -0.2) is 4.79 Å². The van der Waals surface area contributed by atoms with Gasteiger partial charge < -0.3 is 9.47 Å². The highest BCUT2D eigenvalue weighted by Crippen LogP contribution is 2.13. The molecule has 3 heteroatoms. The number of carbonyl (C=O) groups excluding carboxylic acids is 1. The lowest BCUT2D eigenvalue weighted by Gasteiger charge is -2.08. The van der Waals surface area contributed by atoms with Crippen LogP contribution in [0.25, 0.3) is 0 Å². The summed E-state index contributed by atoms with van der Waals surface area (Å²) in [5.41, 5.74) is 1.97. The van der Waals surface area contributed by atoms with E-state index in [0.29, 0.717) is 25.2 Å². The van der Waals surface area contributed by atoms with Crippen molar-refractivity contribution in [2.45, 2.75) is 40.0 Å². The topological polar surface area (TPSA) is 35.5 Å². The van der Waals surface area contributed by atoms with E-state index in [0.717, 1.165) is 18.6 Å². The van der Waals surface area contributed by atoms with Crippen LogP contribution in [-0.2, 0) is 16.0 Å². The molecular formula is C17H24O3. The van der Waals surface area contributed by atoms with Gasteiger partial charge in [-0.05, 0) is 38.0 Å². The van der Waals surface area contributed by atoms with Gasteiger partial charge in [0.05, 0.1) is 13.2 Å².